The van der Waals surface area contributed by atoms with E-state index in [-0.39, 0.29) is 0 Å². The number of rotatable bonds is 0. The molecule has 0 unspecified atom stereocenters. The van der Waals surface area contributed by atoms with Gasteiger partial charge in [-0.2, -0.15) is 10.8 Å². The summed E-state index contributed by atoms with van der Waals surface area (Å²) in [5.41, 5.74) is 6.01. The number of hydrogen-bond acceptors (Lipinski definition) is 4. The summed E-state index contributed by atoms with van der Waals surface area (Å²) in [7, 11) is 0. The van der Waals surface area contributed by atoms with Gasteiger partial charge in [0.05, 0.1) is 0 Å². The summed E-state index contributed by atoms with van der Waals surface area (Å²) in [5.74, 6) is 0. The van der Waals surface area contributed by atoms with E-state index in [0.717, 1.165) is 19.5 Å². The van der Waals surface area contributed by atoms with Crippen LogP contribution in [-0.4, -0.2) is 18.1 Å². The summed E-state index contributed by atoms with van der Waals surface area (Å²) in [5, 5.41) is 10.4. The highest BCUT2D eigenvalue weighted by atomic mass is 15.7. The fraction of sp³-hybridized carbons (Fsp3) is 0.909. The third-order valence-corrected chi connectivity index (χ3v) is 2.77. The first-order valence-corrected chi connectivity index (χ1v) is 6.09. The molecule has 2 N–H and O–H groups in total. The van der Waals surface area contributed by atoms with Crippen molar-refractivity contribution in [3.05, 3.63) is 0 Å². The van der Waals surface area contributed by atoms with Crippen molar-refractivity contribution >= 4 is 0 Å². The summed E-state index contributed by atoms with van der Waals surface area (Å²) in [6, 6.07) is 0. The van der Waals surface area contributed by atoms with E-state index in [0.29, 0.717) is 0 Å². The van der Waals surface area contributed by atoms with Crippen LogP contribution in [0.4, 0.5) is 0 Å². The minimum Gasteiger partial charge on any atom is -0.239 e. The minimum atomic E-state index is 0.809. The predicted octanol–water partition coefficient (Wildman–Crippen LogP) is 1.91. The second kappa shape index (κ2) is 8.51. The molecule has 0 radical (unpaired) electrons. The molecule has 4 nitrogen and oxygen atoms in total. The highest BCUT2D eigenvalue weighted by Crippen LogP contribution is 2.08. The largest absolute Gasteiger partial charge is 0.239 e. The van der Waals surface area contributed by atoms with Crippen molar-refractivity contribution < 1.29 is 0 Å². The van der Waals surface area contributed by atoms with Gasteiger partial charge in [-0.3, -0.25) is 0 Å². The van der Waals surface area contributed by atoms with Crippen molar-refractivity contribution in [3.8, 4) is 6.19 Å². The van der Waals surface area contributed by atoms with Gasteiger partial charge in [0.25, 0.3) is 0 Å². The Hall–Kier alpha value is -0.790. The van der Waals surface area contributed by atoms with Gasteiger partial charge in [0, 0.05) is 13.1 Å². The summed E-state index contributed by atoms with van der Waals surface area (Å²) in [6.07, 6.45) is 12.3. The molecule has 1 aliphatic heterocycles. The maximum atomic E-state index is 8.82. The molecule has 15 heavy (non-hydrogen) atoms. The van der Waals surface area contributed by atoms with Crippen molar-refractivity contribution in [3.63, 3.8) is 0 Å². The molecule has 0 aromatic carbocycles. The molecule has 0 aromatic heterocycles. The van der Waals surface area contributed by atoms with Crippen molar-refractivity contribution in [2.75, 3.05) is 13.1 Å². The van der Waals surface area contributed by atoms with Crippen molar-refractivity contribution in [1.82, 2.24) is 16.0 Å². The van der Waals surface area contributed by atoms with Gasteiger partial charge in [-0.15, -0.1) is 0 Å². The molecule has 86 valence electrons. The standard InChI is InChI=1S/C11H22N4/c12-11-15-10-8-6-4-2-1-3-5-7-9-13-14-15/h13-14H,1-10H2. The molecular formula is C11H22N4. The lowest BCUT2D eigenvalue weighted by Crippen LogP contribution is -2.45. The van der Waals surface area contributed by atoms with Gasteiger partial charge in [0.15, 0.2) is 6.19 Å². The third kappa shape index (κ3) is 6.32. The van der Waals surface area contributed by atoms with Gasteiger partial charge in [-0.25, -0.2) is 10.4 Å². The highest BCUT2D eigenvalue weighted by molar-refractivity contribution is 4.68. The number of nitrogens with zero attached hydrogens (tertiary/aromatic N) is 2. The van der Waals surface area contributed by atoms with E-state index in [1.54, 1.807) is 5.01 Å². The van der Waals surface area contributed by atoms with Gasteiger partial charge in [0.1, 0.15) is 0 Å². The Bertz CT molecular complexity index is 174. The molecule has 1 heterocycles. The normalized spacial score (nSPS) is 21.9. The van der Waals surface area contributed by atoms with Gasteiger partial charge >= 0.3 is 0 Å². The second-order valence-electron chi connectivity index (χ2n) is 4.12. The van der Waals surface area contributed by atoms with Crippen LogP contribution in [-0.2, 0) is 0 Å². The Morgan fingerprint density at radius 2 is 1.47 bits per heavy atom. The van der Waals surface area contributed by atoms with Gasteiger partial charge in [0.2, 0.25) is 0 Å². The fourth-order valence-electron chi connectivity index (χ4n) is 1.83. The maximum absolute atomic E-state index is 8.82. The van der Waals surface area contributed by atoms with Crippen molar-refractivity contribution in [2.45, 2.75) is 51.4 Å². The smallest absolute Gasteiger partial charge is 0.196 e. The molecule has 0 atom stereocenters. The van der Waals surface area contributed by atoms with Crippen LogP contribution in [0.25, 0.3) is 0 Å². The number of nitriles is 1. The van der Waals surface area contributed by atoms with Crippen LogP contribution in [0.1, 0.15) is 51.4 Å². The average Bonchev–Trinajstić information content (AvgIpc) is 2.29. The number of nitrogens with one attached hydrogen (secondary N) is 2. The lowest BCUT2D eigenvalue weighted by Gasteiger charge is -2.16. The summed E-state index contributed by atoms with van der Waals surface area (Å²) >= 11 is 0. The van der Waals surface area contributed by atoms with Crippen LogP contribution in [0.2, 0.25) is 0 Å². The van der Waals surface area contributed by atoms with Gasteiger partial charge in [-0.05, 0) is 12.8 Å². The molecule has 1 fully saturated rings. The first-order valence-electron chi connectivity index (χ1n) is 6.09. The molecule has 0 aromatic rings. The lowest BCUT2D eigenvalue weighted by molar-refractivity contribution is 0.229. The number of hydrazine groups is 2. The van der Waals surface area contributed by atoms with E-state index in [1.807, 2.05) is 0 Å². The third-order valence-electron chi connectivity index (χ3n) is 2.77. The predicted molar refractivity (Wildman–Crippen MR) is 60.4 cm³/mol. The Morgan fingerprint density at radius 1 is 0.867 bits per heavy atom. The number of hydrogen-bond donors (Lipinski definition) is 2. The monoisotopic (exact) mass is 210 g/mol. The maximum Gasteiger partial charge on any atom is 0.196 e. The van der Waals surface area contributed by atoms with Crippen molar-refractivity contribution in [1.29, 1.82) is 5.26 Å². The molecular weight excluding hydrogens is 188 g/mol. The second-order valence-corrected chi connectivity index (χ2v) is 4.12. The van der Waals surface area contributed by atoms with E-state index in [2.05, 4.69) is 17.2 Å². The summed E-state index contributed by atoms with van der Waals surface area (Å²) < 4.78 is 0. The average molecular weight is 210 g/mol. The molecule has 0 aliphatic carbocycles. The Morgan fingerprint density at radius 3 is 2.13 bits per heavy atom. The van der Waals surface area contributed by atoms with Crippen LogP contribution in [0.15, 0.2) is 0 Å². The van der Waals surface area contributed by atoms with Crippen LogP contribution >= 0.6 is 0 Å². The quantitative estimate of drug-likeness (QED) is 0.600. The lowest BCUT2D eigenvalue weighted by atomic mass is 10.1. The zero-order valence-corrected chi connectivity index (χ0v) is 9.47. The molecule has 0 saturated carbocycles. The Kier molecular flexibility index (Phi) is 6.97. The topological polar surface area (TPSA) is 51.1 Å². The van der Waals surface area contributed by atoms with Crippen LogP contribution in [0, 0.1) is 11.5 Å². The molecule has 1 rings (SSSR count). The van der Waals surface area contributed by atoms with Crippen molar-refractivity contribution in [2.24, 2.45) is 0 Å². The summed E-state index contributed by atoms with van der Waals surface area (Å²) in [4.78, 5) is 0. The van der Waals surface area contributed by atoms with Gasteiger partial charge in [-0.1, -0.05) is 38.5 Å². The van der Waals surface area contributed by atoms with E-state index in [4.69, 9.17) is 5.26 Å². The molecule has 0 spiro atoms. The van der Waals surface area contributed by atoms with E-state index < -0.39 is 0 Å². The molecule has 0 bridgehead atoms. The Labute approximate surface area is 92.6 Å². The van der Waals surface area contributed by atoms with Crippen LogP contribution < -0.4 is 11.0 Å². The fourth-order valence-corrected chi connectivity index (χ4v) is 1.83. The van der Waals surface area contributed by atoms with E-state index >= 15 is 0 Å². The summed E-state index contributed by atoms with van der Waals surface area (Å²) in [6.45, 7) is 1.75. The first-order chi connectivity index (χ1) is 7.43. The molecule has 0 amide bonds. The zero-order valence-electron chi connectivity index (χ0n) is 9.47. The van der Waals surface area contributed by atoms with Crippen LogP contribution in [0.3, 0.4) is 0 Å². The van der Waals surface area contributed by atoms with E-state index in [1.165, 1.54) is 44.9 Å². The van der Waals surface area contributed by atoms with Crippen LogP contribution in [0.5, 0.6) is 0 Å². The zero-order chi connectivity index (χ0) is 10.8. The molecule has 1 aliphatic rings. The highest BCUT2D eigenvalue weighted by Gasteiger charge is 2.01. The van der Waals surface area contributed by atoms with E-state index in [9.17, 15) is 0 Å². The SMILES string of the molecule is N#CN1CCCCCCCCCCNN1. The molecule has 1 saturated heterocycles. The Balaban J connectivity index is 2.21. The first kappa shape index (κ1) is 12.3. The van der Waals surface area contributed by atoms with Gasteiger partial charge < -0.3 is 0 Å². The minimum absolute atomic E-state index is 0.809. The molecule has 4 heteroatoms.